The second-order valence-electron chi connectivity index (χ2n) is 1.48. The molecule has 0 aliphatic heterocycles. The van der Waals surface area contributed by atoms with E-state index in [0.29, 0.717) is 0 Å². The molecule has 0 saturated heterocycles. The lowest BCUT2D eigenvalue weighted by Gasteiger charge is -1.78. The Kier molecular flexibility index (Phi) is 1.11. The van der Waals surface area contributed by atoms with Crippen LogP contribution in [0.4, 0.5) is 0 Å². The number of hydrogen-bond acceptors (Lipinski definition) is 1. The fourth-order valence-electron chi connectivity index (χ4n) is 0.447. The van der Waals surface area contributed by atoms with Crippen LogP contribution in [0.1, 0.15) is 5.69 Å². The van der Waals surface area contributed by atoms with Crippen molar-refractivity contribution in [2.75, 3.05) is 0 Å². The van der Waals surface area contributed by atoms with Crippen LogP contribution >= 0.6 is 8.35 Å². The molecule has 0 N–H and O–H groups in total. The Morgan fingerprint density at radius 1 is 1.86 bits per heavy atom. The molecular weight excluding hydrogens is 107 g/mol. The first-order valence-corrected chi connectivity index (χ1v) is 3.03. The van der Waals surface area contributed by atoms with Crippen LogP contribution in [-0.2, 0) is 7.05 Å². The molecule has 1 heterocycles. The summed E-state index contributed by atoms with van der Waals surface area (Å²) in [5.74, 6) is 2.07. The predicted molar refractivity (Wildman–Crippen MR) is 30.5 cm³/mol. The molecule has 0 unspecified atom stereocenters. The standard InChI is InChI=1S/C4H7N2P/c1-4-3-7-6(2)5-4/h3H,1-2H3. The van der Waals surface area contributed by atoms with Crippen molar-refractivity contribution in [3.63, 3.8) is 0 Å². The quantitative estimate of drug-likeness (QED) is 0.497. The Balaban J connectivity index is 3.04. The van der Waals surface area contributed by atoms with Crippen LogP contribution in [0.15, 0.2) is 5.80 Å². The van der Waals surface area contributed by atoms with Gasteiger partial charge >= 0.3 is 0 Å². The van der Waals surface area contributed by atoms with Crippen molar-refractivity contribution < 1.29 is 0 Å². The van der Waals surface area contributed by atoms with Crippen LogP contribution in [0.3, 0.4) is 0 Å². The number of aromatic nitrogens is 2. The molecule has 2 nitrogen and oxygen atoms in total. The lowest BCUT2D eigenvalue weighted by atomic mass is 10.6. The van der Waals surface area contributed by atoms with Gasteiger partial charge in [-0.1, -0.05) is 0 Å². The van der Waals surface area contributed by atoms with Crippen molar-refractivity contribution in [3.8, 4) is 0 Å². The summed E-state index contributed by atoms with van der Waals surface area (Å²) in [5, 5.41) is 4.07. The Hall–Kier alpha value is -0.360. The zero-order valence-electron chi connectivity index (χ0n) is 4.42. The highest BCUT2D eigenvalue weighted by Gasteiger charge is 1.83. The first-order chi connectivity index (χ1) is 3.29. The highest BCUT2D eigenvalue weighted by atomic mass is 31.0. The molecule has 0 aliphatic rings. The highest BCUT2D eigenvalue weighted by Crippen LogP contribution is 2.02. The lowest BCUT2D eigenvalue weighted by Crippen LogP contribution is -1.82. The molecule has 0 spiro atoms. The van der Waals surface area contributed by atoms with Gasteiger partial charge in [-0.05, 0) is 6.92 Å². The van der Waals surface area contributed by atoms with Crippen LogP contribution in [-0.4, -0.2) is 9.54 Å². The summed E-state index contributed by atoms with van der Waals surface area (Å²) in [7, 11) is 3.14. The molecule has 0 atom stereocenters. The maximum Gasteiger partial charge on any atom is 0.0642 e. The Morgan fingerprint density at radius 3 is 2.71 bits per heavy atom. The molecule has 0 saturated carbocycles. The maximum absolute atomic E-state index is 4.07. The molecule has 38 valence electrons. The van der Waals surface area contributed by atoms with Gasteiger partial charge < -0.3 is 0 Å². The summed E-state index contributed by atoms with van der Waals surface area (Å²) in [4.78, 5) is 0. The third kappa shape index (κ3) is 1.00. The second kappa shape index (κ2) is 1.63. The molecule has 0 amide bonds. The van der Waals surface area contributed by atoms with Crippen molar-refractivity contribution >= 4 is 8.35 Å². The van der Waals surface area contributed by atoms with Gasteiger partial charge in [0.15, 0.2) is 0 Å². The summed E-state index contributed by atoms with van der Waals surface area (Å²) in [6.07, 6.45) is 0. The van der Waals surface area contributed by atoms with E-state index < -0.39 is 0 Å². The number of hydrogen-bond donors (Lipinski definition) is 0. The van der Waals surface area contributed by atoms with Gasteiger partial charge in [-0.15, -0.1) is 0 Å². The van der Waals surface area contributed by atoms with Crippen LogP contribution in [0, 0.1) is 6.92 Å². The lowest BCUT2D eigenvalue weighted by molar-refractivity contribution is 0.824. The highest BCUT2D eigenvalue weighted by molar-refractivity contribution is 7.25. The average molecular weight is 114 g/mol. The molecule has 1 rings (SSSR count). The largest absolute Gasteiger partial charge is 0.250 e. The molecule has 1 aromatic heterocycles. The smallest absolute Gasteiger partial charge is 0.0642 e. The minimum atomic E-state index is 1.11. The van der Waals surface area contributed by atoms with Crippen LogP contribution in [0.25, 0.3) is 0 Å². The minimum Gasteiger partial charge on any atom is -0.250 e. The summed E-state index contributed by atoms with van der Waals surface area (Å²) in [5.41, 5.74) is 1.11. The Labute approximate surface area is 44.3 Å². The average Bonchev–Trinajstić information content (AvgIpc) is 1.87. The van der Waals surface area contributed by atoms with E-state index in [-0.39, 0.29) is 0 Å². The molecule has 0 bridgehead atoms. The molecule has 1 aromatic rings. The molecule has 3 heteroatoms. The topological polar surface area (TPSA) is 17.8 Å². The fourth-order valence-corrected chi connectivity index (χ4v) is 1.03. The van der Waals surface area contributed by atoms with Gasteiger partial charge in [0.05, 0.1) is 5.69 Å². The van der Waals surface area contributed by atoms with Gasteiger partial charge in [0.25, 0.3) is 0 Å². The first kappa shape index (κ1) is 4.79. The molecule has 0 aliphatic carbocycles. The second-order valence-corrected chi connectivity index (χ2v) is 2.54. The summed E-state index contributed by atoms with van der Waals surface area (Å²) >= 11 is 0. The van der Waals surface area contributed by atoms with E-state index in [1.165, 1.54) is 8.35 Å². The zero-order chi connectivity index (χ0) is 5.28. The maximum atomic E-state index is 4.07. The minimum absolute atomic E-state index is 1.11. The Bertz CT molecular complexity index is 142. The van der Waals surface area contributed by atoms with Crippen molar-refractivity contribution in [2.24, 2.45) is 7.05 Å². The summed E-state index contributed by atoms with van der Waals surface area (Å²) in [6, 6.07) is 0. The fraction of sp³-hybridized carbons (Fsp3) is 0.500. The number of rotatable bonds is 0. The van der Waals surface area contributed by atoms with E-state index in [1.807, 2.05) is 18.4 Å². The van der Waals surface area contributed by atoms with Crippen molar-refractivity contribution in [2.45, 2.75) is 6.92 Å². The predicted octanol–water partition coefficient (Wildman–Crippen LogP) is 1.31. The van der Waals surface area contributed by atoms with Gasteiger partial charge in [-0.25, -0.2) is 0 Å². The normalized spacial score (nSPS) is 10.6. The van der Waals surface area contributed by atoms with Crippen LogP contribution in [0.2, 0.25) is 0 Å². The SMILES string of the molecule is Cc1cpn(C)n1. The van der Waals surface area contributed by atoms with E-state index in [1.54, 1.807) is 0 Å². The summed E-state index contributed by atoms with van der Waals surface area (Å²) in [6.45, 7) is 2.00. The molecule has 0 aromatic carbocycles. The Morgan fingerprint density at radius 2 is 2.57 bits per heavy atom. The van der Waals surface area contributed by atoms with Gasteiger partial charge in [-0.3, -0.25) is 4.44 Å². The molecule has 0 radical (unpaired) electrons. The zero-order valence-corrected chi connectivity index (χ0v) is 5.31. The summed E-state index contributed by atoms with van der Waals surface area (Å²) < 4.78 is 1.88. The van der Waals surface area contributed by atoms with E-state index in [2.05, 4.69) is 10.9 Å². The van der Waals surface area contributed by atoms with E-state index >= 15 is 0 Å². The molecule has 7 heavy (non-hydrogen) atoms. The monoisotopic (exact) mass is 114 g/mol. The third-order valence-corrected chi connectivity index (χ3v) is 1.63. The van der Waals surface area contributed by atoms with E-state index in [0.717, 1.165) is 5.69 Å². The van der Waals surface area contributed by atoms with Gasteiger partial charge in [0, 0.05) is 21.2 Å². The van der Waals surface area contributed by atoms with Crippen LogP contribution < -0.4 is 0 Å². The molecular formula is C4H7N2P. The third-order valence-electron chi connectivity index (χ3n) is 0.714. The van der Waals surface area contributed by atoms with Crippen molar-refractivity contribution in [1.29, 1.82) is 0 Å². The van der Waals surface area contributed by atoms with Crippen LogP contribution in [0.5, 0.6) is 0 Å². The first-order valence-electron chi connectivity index (χ1n) is 2.12. The van der Waals surface area contributed by atoms with E-state index in [4.69, 9.17) is 0 Å². The van der Waals surface area contributed by atoms with E-state index in [9.17, 15) is 0 Å². The van der Waals surface area contributed by atoms with Gasteiger partial charge in [0.1, 0.15) is 0 Å². The number of nitrogens with zero attached hydrogens (tertiary/aromatic N) is 2. The van der Waals surface area contributed by atoms with Crippen molar-refractivity contribution in [3.05, 3.63) is 11.5 Å². The van der Waals surface area contributed by atoms with Crippen molar-refractivity contribution in [1.82, 2.24) is 9.54 Å². The van der Waals surface area contributed by atoms with Gasteiger partial charge in [0.2, 0.25) is 0 Å². The number of aryl methyl sites for hydroxylation is 2. The van der Waals surface area contributed by atoms with Gasteiger partial charge in [-0.2, -0.15) is 5.10 Å². The molecule has 0 fully saturated rings.